The van der Waals surface area contributed by atoms with Crippen LogP contribution in [0, 0.1) is 0 Å². The lowest BCUT2D eigenvalue weighted by molar-refractivity contribution is 0.332. The predicted molar refractivity (Wildman–Crippen MR) is 90.6 cm³/mol. The minimum absolute atomic E-state index is 0.595. The molecule has 0 heterocycles. The standard InChI is InChI=1S/C18H30O2S/c1-2-3-4-5-6-7-8-9-10-14-17-20-21(19)18-15-12-11-13-16-18/h11-13,15-16H,2-10,14,17H2,1H3. The van der Waals surface area contributed by atoms with Gasteiger partial charge in [0, 0.05) is 0 Å². The summed E-state index contributed by atoms with van der Waals surface area (Å²) >= 11 is -1.30. The quantitative estimate of drug-likeness (QED) is 0.440. The first-order chi connectivity index (χ1) is 10.3. The monoisotopic (exact) mass is 310 g/mol. The molecule has 1 rings (SSSR count). The second kappa shape index (κ2) is 13.0. The summed E-state index contributed by atoms with van der Waals surface area (Å²) in [6.45, 7) is 2.85. The van der Waals surface area contributed by atoms with Crippen LogP contribution in [0.1, 0.15) is 71.1 Å². The molecule has 0 saturated heterocycles. The van der Waals surface area contributed by atoms with Crippen LogP contribution < -0.4 is 0 Å². The molecular formula is C18H30O2S. The van der Waals surface area contributed by atoms with Crippen molar-refractivity contribution in [3.63, 3.8) is 0 Å². The van der Waals surface area contributed by atoms with Gasteiger partial charge in [0.05, 0.1) is 11.5 Å². The molecule has 0 N–H and O–H groups in total. The molecule has 1 atom stereocenters. The van der Waals surface area contributed by atoms with Crippen LogP contribution >= 0.6 is 0 Å². The number of rotatable bonds is 13. The molecule has 21 heavy (non-hydrogen) atoms. The van der Waals surface area contributed by atoms with Gasteiger partial charge in [0.1, 0.15) is 0 Å². The minimum Gasteiger partial charge on any atom is -0.287 e. The van der Waals surface area contributed by atoms with Crippen LogP contribution in [0.5, 0.6) is 0 Å². The van der Waals surface area contributed by atoms with E-state index in [2.05, 4.69) is 6.92 Å². The van der Waals surface area contributed by atoms with E-state index in [4.69, 9.17) is 4.18 Å². The summed E-state index contributed by atoms with van der Waals surface area (Å²) in [7, 11) is 0. The van der Waals surface area contributed by atoms with Gasteiger partial charge in [0.2, 0.25) is 0 Å². The number of hydrogen-bond acceptors (Lipinski definition) is 2. The second-order valence-corrected chi connectivity index (χ2v) is 6.73. The maximum absolute atomic E-state index is 11.8. The lowest BCUT2D eigenvalue weighted by atomic mass is 10.1. The van der Waals surface area contributed by atoms with Gasteiger partial charge >= 0.3 is 0 Å². The van der Waals surface area contributed by atoms with Crippen molar-refractivity contribution < 1.29 is 8.39 Å². The Morgan fingerprint density at radius 2 is 1.33 bits per heavy atom. The highest BCUT2D eigenvalue weighted by Crippen LogP contribution is 2.11. The van der Waals surface area contributed by atoms with Crippen LogP contribution in [0.25, 0.3) is 0 Å². The predicted octanol–water partition coefficient (Wildman–Crippen LogP) is 5.65. The summed E-state index contributed by atoms with van der Waals surface area (Å²) in [5.74, 6) is 0. The molecule has 0 aromatic heterocycles. The van der Waals surface area contributed by atoms with Gasteiger partial charge in [-0.3, -0.25) is 4.18 Å². The van der Waals surface area contributed by atoms with Gasteiger partial charge < -0.3 is 0 Å². The molecule has 120 valence electrons. The van der Waals surface area contributed by atoms with Crippen LogP contribution in [-0.2, 0) is 15.3 Å². The Labute approximate surface area is 133 Å². The molecule has 3 heteroatoms. The van der Waals surface area contributed by atoms with Crippen LogP contribution in [0.3, 0.4) is 0 Å². The Hall–Kier alpha value is -0.670. The van der Waals surface area contributed by atoms with Crippen molar-refractivity contribution in [2.75, 3.05) is 6.61 Å². The van der Waals surface area contributed by atoms with E-state index in [1.807, 2.05) is 30.3 Å². The lowest BCUT2D eigenvalue weighted by Gasteiger charge is -2.04. The Bertz CT molecular complexity index is 365. The number of hydrogen-bond donors (Lipinski definition) is 0. The molecule has 2 nitrogen and oxygen atoms in total. The second-order valence-electron chi connectivity index (χ2n) is 5.55. The summed E-state index contributed by atoms with van der Waals surface area (Å²) in [6, 6.07) is 9.38. The third-order valence-corrected chi connectivity index (χ3v) is 4.66. The highest BCUT2D eigenvalue weighted by Gasteiger charge is 2.02. The molecule has 0 aliphatic heterocycles. The zero-order valence-corrected chi connectivity index (χ0v) is 14.2. The van der Waals surface area contributed by atoms with E-state index in [1.165, 1.54) is 57.8 Å². The summed E-state index contributed by atoms with van der Waals surface area (Å²) in [5.41, 5.74) is 0. The van der Waals surface area contributed by atoms with Crippen LogP contribution in [0.2, 0.25) is 0 Å². The van der Waals surface area contributed by atoms with Crippen molar-refractivity contribution in [1.82, 2.24) is 0 Å². The summed E-state index contributed by atoms with van der Waals surface area (Å²) < 4.78 is 17.2. The van der Waals surface area contributed by atoms with Crippen molar-refractivity contribution >= 4 is 11.1 Å². The largest absolute Gasteiger partial charge is 0.287 e. The topological polar surface area (TPSA) is 26.3 Å². The molecule has 0 spiro atoms. The third kappa shape index (κ3) is 9.81. The summed E-state index contributed by atoms with van der Waals surface area (Å²) in [5, 5.41) is 0. The molecule has 1 aromatic rings. The van der Waals surface area contributed by atoms with E-state index in [9.17, 15) is 4.21 Å². The van der Waals surface area contributed by atoms with Crippen molar-refractivity contribution in [3.8, 4) is 0 Å². The van der Waals surface area contributed by atoms with Gasteiger partial charge in [0.15, 0.2) is 11.1 Å². The van der Waals surface area contributed by atoms with Gasteiger partial charge in [-0.25, -0.2) is 4.21 Å². The van der Waals surface area contributed by atoms with E-state index in [-0.39, 0.29) is 0 Å². The van der Waals surface area contributed by atoms with Gasteiger partial charge in [0.25, 0.3) is 0 Å². The lowest BCUT2D eigenvalue weighted by Crippen LogP contribution is -1.99. The highest BCUT2D eigenvalue weighted by molar-refractivity contribution is 7.80. The van der Waals surface area contributed by atoms with Crippen molar-refractivity contribution in [2.24, 2.45) is 0 Å². The maximum Gasteiger partial charge on any atom is 0.189 e. The zero-order valence-electron chi connectivity index (χ0n) is 13.4. The van der Waals surface area contributed by atoms with E-state index in [0.29, 0.717) is 6.61 Å². The minimum atomic E-state index is -1.30. The molecule has 0 bridgehead atoms. The van der Waals surface area contributed by atoms with Gasteiger partial charge in [-0.15, -0.1) is 0 Å². The molecule has 0 aliphatic carbocycles. The maximum atomic E-state index is 11.8. The normalized spacial score (nSPS) is 12.4. The fourth-order valence-corrected chi connectivity index (χ4v) is 3.11. The summed E-state index contributed by atoms with van der Waals surface area (Å²) in [4.78, 5) is 0.754. The zero-order chi connectivity index (χ0) is 15.2. The molecule has 0 aliphatic rings. The number of benzene rings is 1. The molecule has 1 unspecified atom stereocenters. The van der Waals surface area contributed by atoms with Gasteiger partial charge in [-0.2, -0.15) is 0 Å². The molecule has 0 amide bonds. The van der Waals surface area contributed by atoms with Crippen LogP contribution in [0.15, 0.2) is 35.2 Å². The average molecular weight is 311 g/mol. The van der Waals surface area contributed by atoms with E-state index in [1.54, 1.807) is 0 Å². The Morgan fingerprint density at radius 1 is 0.810 bits per heavy atom. The molecule has 1 aromatic carbocycles. The van der Waals surface area contributed by atoms with E-state index in [0.717, 1.165) is 11.3 Å². The van der Waals surface area contributed by atoms with Gasteiger partial charge in [-0.05, 0) is 18.6 Å². The first-order valence-corrected chi connectivity index (χ1v) is 9.52. The Balaban J connectivity index is 1.88. The average Bonchev–Trinajstić information content (AvgIpc) is 2.53. The third-order valence-electron chi connectivity index (χ3n) is 3.62. The molecule has 0 radical (unpaired) electrons. The van der Waals surface area contributed by atoms with E-state index >= 15 is 0 Å². The van der Waals surface area contributed by atoms with Crippen LogP contribution in [-0.4, -0.2) is 10.8 Å². The molecule has 0 fully saturated rings. The molecule has 0 saturated carbocycles. The van der Waals surface area contributed by atoms with Crippen molar-refractivity contribution in [2.45, 2.75) is 76.0 Å². The highest BCUT2D eigenvalue weighted by atomic mass is 32.2. The van der Waals surface area contributed by atoms with Crippen LogP contribution in [0.4, 0.5) is 0 Å². The first kappa shape index (κ1) is 18.4. The van der Waals surface area contributed by atoms with Gasteiger partial charge in [-0.1, -0.05) is 82.9 Å². The smallest absolute Gasteiger partial charge is 0.189 e. The first-order valence-electron chi connectivity index (χ1n) is 8.44. The van der Waals surface area contributed by atoms with Crippen molar-refractivity contribution in [3.05, 3.63) is 30.3 Å². The Morgan fingerprint density at radius 3 is 1.90 bits per heavy atom. The fraction of sp³-hybridized carbons (Fsp3) is 0.667. The van der Waals surface area contributed by atoms with E-state index < -0.39 is 11.1 Å². The fourth-order valence-electron chi connectivity index (χ4n) is 2.32. The summed E-state index contributed by atoms with van der Waals surface area (Å²) in [6.07, 6.45) is 13.0. The SMILES string of the molecule is CCCCCCCCCCCCOS(=O)c1ccccc1. The molecular weight excluding hydrogens is 280 g/mol. The van der Waals surface area contributed by atoms with Crippen molar-refractivity contribution in [1.29, 1.82) is 0 Å². The Kier molecular flexibility index (Phi) is 11.4. The number of unbranched alkanes of at least 4 members (excludes halogenated alkanes) is 9.